The Balaban J connectivity index is 0.00000192. The van der Waals surface area contributed by atoms with Crippen molar-refractivity contribution in [2.24, 2.45) is 5.73 Å². The Bertz CT molecular complexity index is 674. The molecule has 3 rings (SSSR count). The van der Waals surface area contributed by atoms with Crippen LogP contribution in [0.25, 0.3) is 5.69 Å². The van der Waals surface area contributed by atoms with Crippen LogP contribution in [-0.4, -0.2) is 39.4 Å². The number of halogens is 2. The maximum absolute atomic E-state index is 14.1. The molecular weight excluding hydrogens is 325 g/mol. The monoisotopic (exact) mass is 341 g/mol. The van der Waals surface area contributed by atoms with E-state index in [0.29, 0.717) is 31.7 Å². The Kier molecular flexibility index (Phi) is 5.30. The molecule has 23 heavy (non-hydrogen) atoms. The summed E-state index contributed by atoms with van der Waals surface area (Å²) in [5.74, 6) is -0.843. The molecule has 0 radical (unpaired) electrons. The fourth-order valence-corrected chi connectivity index (χ4v) is 2.32. The van der Waals surface area contributed by atoms with E-state index in [9.17, 15) is 9.18 Å². The maximum Gasteiger partial charge on any atom is 0.244 e. The predicted molar refractivity (Wildman–Crippen MR) is 84.2 cm³/mol. The van der Waals surface area contributed by atoms with Crippen LogP contribution < -0.4 is 11.1 Å². The predicted octanol–water partition coefficient (Wildman–Crippen LogP) is 1.27. The van der Waals surface area contributed by atoms with E-state index in [-0.39, 0.29) is 24.0 Å². The molecule has 3 N–H and O–H groups in total. The molecule has 7 nitrogen and oxygen atoms in total. The molecule has 1 aliphatic rings. The molecule has 9 heteroatoms. The lowest BCUT2D eigenvalue weighted by Gasteiger charge is -2.31. The first kappa shape index (κ1) is 17.3. The van der Waals surface area contributed by atoms with Crippen LogP contribution in [0.5, 0.6) is 0 Å². The lowest BCUT2D eigenvalue weighted by molar-refractivity contribution is -0.124. The number of anilines is 1. The molecule has 1 aromatic heterocycles. The first-order valence-electron chi connectivity index (χ1n) is 6.91. The molecule has 2 heterocycles. The Morgan fingerprint density at radius 2 is 2.13 bits per heavy atom. The SMILES string of the molecule is Cl.NC1(C(=O)Nc2ccc(-n3cncn3)c(F)c2)CCOCC1. The van der Waals surface area contributed by atoms with E-state index in [1.807, 2.05) is 0 Å². The van der Waals surface area contributed by atoms with E-state index < -0.39 is 11.4 Å². The van der Waals surface area contributed by atoms with Gasteiger partial charge in [0.05, 0.1) is 0 Å². The summed E-state index contributed by atoms with van der Waals surface area (Å²) >= 11 is 0. The third-order valence-corrected chi connectivity index (χ3v) is 3.71. The highest BCUT2D eigenvalue weighted by atomic mass is 35.5. The number of hydrogen-bond donors (Lipinski definition) is 2. The van der Waals surface area contributed by atoms with Crippen LogP contribution >= 0.6 is 12.4 Å². The van der Waals surface area contributed by atoms with Crippen LogP contribution in [0.2, 0.25) is 0 Å². The van der Waals surface area contributed by atoms with Gasteiger partial charge in [0.15, 0.2) is 5.82 Å². The summed E-state index contributed by atoms with van der Waals surface area (Å²) in [6.45, 7) is 0.896. The van der Waals surface area contributed by atoms with Crippen molar-refractivity contribution in [3.05, 3.63) is 36.7 Å². The molecule has 0 bridgehead atoms. The second-order valence-electron chi connectivity index (χ2n) is 5.23. The number of ether oxygens (including phenoxy) is 1. The highest BCUT2D eigenvalue weighted by molar-refractivity contribution is 5.98. The molecule has 1 aliphatic heterocycles. The minimum Gasteiger partial charge on any atom is -0.381 e. The quantitative estimate of drug-likeness (QED) is 0.876. The number of carbonyl (C=O) groups is 1. The number of hydrogen-bond acceptors (Lipinski definition) is 5. The maximum atomic E-state index is 14.1. The molecule has 0 aliphatic carbocycles. The Morgan fingerprint density at radius 3 is 2.74 bits per heavy atom. The van der Waals surface area contributed by atoms with E-state index >= 15 is 0 Å². The van der Waals surface area contributed by atoms with Crippen LogP contribution in [0, 0.1) is 5.82 Å². The Morgan fingerprint density at radius 1 is 1.39 bits per heavy atom. The summed E-state index contributed by atoms with van der Waals surface area (Å²) in [5, 5.41) is 6.53. The van der Waals surface area contributed by atoms with Gasteiger partial charge in [-0.15, -0.1) is 12.4 Å². The van der Waals surface area contributed by atoms with Crippen molar-refractivity contribution >= 4 is 24.0 Å². The van der Waals surface area contributed by atoms with Crippen molar-refractivity contribution in [1.29, 1.82) is 0 Å². The topological polar surface area (TPSA) is 95.1 Å². The second-order valence-corrected chi connectivity index (χ2v) is 5.23. The van der Waals surface area contributed by atoms with Gasteiger partial charge in [0.2, 0.25) is 5.91 Å². The van der Waals surface area contributed by atoms with Gasteiger partial charge in [0.25, 0.3) is 0 Å². The molecule has 1 amide bonds. The number of rotatable bonds is 3. The van der Waals surface area contributed by atoms with Crippen molar-refractivity contribution in [2.75, 3.05) is 18.5 Å². The molecule has 0 atom stereocenters. The standard InChI is InChI=1S/C14H16FN5O2.ClH/c15-11-7-10(1-2-12(11)20-9-17-8-18-20)19-13(21)14(16)3-5-22-6-4-14;/h1-2,7-9H,3-6,16H2,(H,19,21);1H. The zero-order valence-electron chi connectivity index (χ0n) is 12.2. The first-order chi connectivity index (χ1) is 10.6. The number of nitrogens with two attached hydrogens (primary N) is 1. The van der Waals surface area contributed by atoms with Crippen molar-refractivity contribution in [2.45, 2.75) is 18.4 Å². The van der Waals surface area contributed by atoms with Gasteiger partial charge in [-0.3, -0.25) is 4.79 Å². The van der Waals surface area contributed by atoms with Crippen molar-refractivity contribution < 1.29 is 13.9 Å². The number of nitrogens with zero attached hydrogens (tertiary/aromatic N) is 3. The average Bonchev–Trinajstić information content (AvgIpc) is 3.02. The summed E-state index contributed by atoms with van der Waals surface area (Å²) < 4.78 is 20.6. The number of aromatic nitrogens is 3. The molecule has 0 spiro atoms. The molecule has 0 saturated carbocycles. The molecule has 0 unspecified atom stereocenters. The summed E-state index contributed by atoms with van der Waals surface area (Å²) in [4.78, 5) is 16.0. The van der Waals surface area contributed by atoms with E-state index in [1.165, 1.54) is 29.5 Å². The van der Waals surface area contributed by atoms with Crippen LogP contribution in [0.3, 0.4) is 0 Å². The van der Waals surface area contributed by atoms with E-state index in [1.54, 1.807) is 6.07 Å². The molecule has 1 aromatic carbocycles. The van der Waals surface area contributed by atoms with Gasteiger partial charge in [0, 0.05) is 18.9 Å². The summed E-state index contributed by atoms with van der Waals surface area (Å²) in [6, 6.07) is 4.35. The second kappa shape index (κ2) is 7.03. The summed E-state index contributed by atoms with van der Waals surface area (Å²) in [6.07, 6.45) is 3.60. The normalized spacial score (nSPS) is 16.4. The van der Waals surface area contributed by atoms with Crippen molar-refractivity contribution in [3.63, 3.8) is 0 Å². The number of benzene rings is 1. The largest absolute Gasteiger partial charge is 0.381 e. The first-order valence-corrected chi connectivity index (χ1v) is 6.91. The molecule has 124 valence electrons. The van der Waals surface area contributed by atoms with Crippen LogP contribution in [0.1, 0.15) is 12.8 Å². The molecule has 1 fully saturated rings. The van der Waals surface area contributed by atoms with Gasteiger partial charge in [-0.05, 0) is 31.0 Å². The number of carbonyl (C=O) groups excluding carboxylic acids is 1. The van der Waals surface area contributed by atoms with Crippen molar-refractivity contribution in [3.8, 4) is 5.69 Å². The minimum atomic E-state index is -0.973. The van der Waals surface area contributed by atoms with E-state index in [0.717, 1.165) is 0 Å². The Labute approximate surface area is 138 Å². The summed E-state index contributed by atoms with van der Waals surface area (Å²) in [7, 11) is 0. The number of amides is 1. The lowest BCUT2D eigenvalue weighted by atomic mass is 9.90. The van der Waals surface area contributed by atoms with Gasteiger partial charge in [-0.1, -0.05) is 0 Å². The fraction of sp³-hybridized carbons (Fsp3) is 0.357. The highest BCUT2D eigenvalue weighted by Crippen LogP contribution is 2.22. The molecule has 2 aromatic rings. The zero-order chi connectivity index (χ0) is 15.6. The van der Waals surface area contributed by atoms with E-state index in [4.69, 9.17) is 10.5 Å². The molecular formula is C14H17ClFN5O2. The zero-order valence-corrected chi connectivity index (χ0v) is 13.1. The minimum absolute atomic E-state index is 0. The van der Waals surface area contributed by atoms with Gasteiger partial charge in [-0.25, -0.2) is 14.1 Å². The van der Waals surface area contributed by atoms with Gasteiger partial charge < -0.3 is 15.8 Å². The number of nitrogens with one attached hydrogen (secondary N) is 1. The summed E-state index contributed by atoms with van der Waals surface area (Å²) in [5.41, 5.74) is 5.72. The smallest absolute Gasteiger partial charge is 0.244 e. The van der Waals surface area contributed by atoms with Crippen LogP contribution in [0.15, 0.2) is 30.9 Å². The lowest BCUT2D eigenvalue weighted by Crippen LogP contribution is -2.54. The average molecular weight is 342 g/mol. The fourth-order valence-electron chi connectivity index (χ4n) is 2.32. The van der Waals surface area contributed by atoms with E-state index in [2.05, 4.69) is 15.4 Å². The molecule has 1 saturated heterocycles. The van der Waals surface area contributed by atoms with Crippen molar-refractivity contribution in [1.82, 2.24) is 14.8 Å². The van der Waals surface area contributed by atoms with Gasteiger partial charge >= 0.3 is 0 Å². The van der Waals surface area contributed by atoms with Crippen LogP contribution in [-0.2, 0) is 9.53 Å². The van der Waals surface area contributed by atoms with Gasteiger partial charge in [0.1, 0.15) is 23.9 Å². The van der Waals surface area contributed by atoms with Gasteiger partial charge in [-0.2, -0.15) is 5.10 Å². The third kappa shape index (κ3) is 3.66. The Hall–Kier alpha value is -2.03. The highest BCUT2D eigenvalue weighted by Gasteiger charge is 2.35. The third-order valence-electron chi connectivity index (χ3n) is 3.71. The van der Waals surface area contributed by atoms with Crippen LogP contribution in [0.4, 0.5) is 10.1 Å².